The maximum absolute atomic E-state index is 13.4. The molecular formula is C24H34O5S2. The van der Waals surface area contributed by atoms with Gasteiger partial charge in [-0.2, -0.15) is 16.8 Å². The van der Waals surface area contributed by atoms with Crippen molar-refractivity contribution in [3.8, 4) is 0 Å². The van der Waals surface area contributed by atoms with E-state index >= 15 is 0 Å². The van der Waals surface area contributed by atoms with E-state index in [0.717, 1.165) is 11.1 Å². The third kappa shape index (κ3) is 5.38. The normalized spacial score (nSPS) is 12.9. The fourth-order valence-electron chi connectivity index (χ4n) is 3.93. The van der Waals surface area contributed by atoms with Gasteiger partial charge in [0.1, 0.15) is 9.79 Å². The summed E-state index contributed by atoms with van der Waals surface area (Å²) >= 11 is 0. The molecule has 0 atom stereocenters. The third-order valence-corrected chi connectivity index (χ3v) is 8.91. The van der Waals surface area contributed by atoms with Gasteiger partial charge in [-0.25, -0.2) is 0 Å². The van der Waals surface area contributed by atoms with Crippen LogP contribution in [0.2, 0.25) is 0 Å². The maximum atomic E-state index is 13.4. The summed E-state index contributed by atoms with van der Waals surface area (Å²) in [7, 11) is -9.14. The monoisotopic (exact) mass is 466 g/mol. The summed E-state index contributed by atoms with van der Waals surface area (Å²) < 4.78 is 58.1. The molecule has 0 N–H and O–H groups in total. The van der Waals surface area contributed by atoms with Gasteiger partial charge in [0, 0.05) is 0 Å². The smallest absolute Gasteiger partial charge is 0.193 e. The summed E-state index contributed by atoms with van der Waals surface area (Å²) in [6, 6.07) is 7.11. The number of hydrogen-bond acceptors (Lipinski definition) is 5. The molecule has 0 amide bonds. The van der Waals surface area contributed by atoms with Crippen molar-refractivity contribution >= 4 is 20.2 Å². The molecule has 0 aliphatic carbocycles. The number of benzene rings is 2. The van der Waals surface area contributed by atoms with Crippen LogP contribution in [0.5, 0.6) is 0 Å². The average molecular weight is 467 g/mol. The first-order valence-electron chi connectivity index (χ1n) is 10.5. The van der Waals surface area contributed by atoms with Gasteiger partial charge < -0.3 is 0 Å². The summed E-state index contributed by atoms with van der Waals surface area (Å²) in [5.41, 5.74) is 3.96. The Labute approximate surface area is 188 Å². The first-order chi connectivity index (χ1) is 14.1. The van der Waals surface area contributed by atoms with Gasteiger partial charge in [0.2, 0.25) is 0 Å². The highest BCUT2D eigenvalue weighted by Crippen LogP contribution is 2.37. The molecular weight excluding hydrogens is 432 g/mol. The van der Waals surface area contributed by atoms with E-state index in [0.29, 0.717) is 22.3 Å². The Morgan fingerprint density at radius 2 is 1.00 bits per heavy atom. The molecule has 0 saturated heterocycles. The lowest BCUT2D eigenvalue weighted by Crippen LogP contribution is -2.20. The third-order valence-electron chi connectivity index (χ3n) is 5.36. The van der Waals surface area contributed by atoms with Crippen LogP contribution in [-0.2, 0) is 23.9 Å². The van der Waals surface area contributed by atoms with E-state index in [1.807, 2.05) is 60.6 Å². The lowest BCUT2D eigenvalue weighted by Gasteiger charge is -2.22. The van der Waals surface area contributed by atoms with E-state index in [-0.39, 0.29) is 27.5 Å². The molecule has 2 rings (SSSR count). The van der Waals surface area contributed by atoms with Crippen LogP contribution >= 0.6 is 0 Å². The quantitative estimate of drug-likeness (QED) is 0.494. The van der Waals surface area contributed by atoms with Crippen molar-refractivity contribution in [1.29, 1.82) is 0 Å². The van der Waals surface area contributed by atoms with E-state index in [9.17, 15) is 16.8 Å². The molecule has 0 saturated carbocycles. The Kier molecular flexibility index (Phi) is 7.45. The van der Waals surface area contributed by atoms with E-state index in [2.05, 4.69) is 0 Å². The Hall–Kier alpha value is -1.70. The molecule has 5 nitrogen and oxygen atoms in total. The second kappa shape index (κ2) is 9.04. The van der Waals surface area contributed by atoms with Crippen LogP contribution in [-0.4, -0.2) is 16.8 Å². The predicted molar refractivity (Wildman–Crippen MR) is 125 cm³/mol. The topological polar surface area (TPSA) is 77.5 Å². The first kappa shape index (κ1) is 25.6. The summed E-state index contributed by atoms with van der Waals surface area (Å²) in [5.74, 6) is -0.0560. The highest BCUT2D eigenvalue weighted by Gasteiger charge is 2.34. The molecule has 0 heterocycles. The highest BCUT2D eigenvalue weighted by molar-refractivity contribution is 8.00. The summed E-state index contributed by atoms with van der Waals surface area (Å²) in [5, 5.41) is 0. The predicted octanol–water partition coefficient (Wildman–Crippen LogP) is 6.08. The molecule has 0 fully saturated rings. The largest absolute Gasteiger partial charge is 0.312 e. The van der Waals surface area contributed by atoms with Gasteiger partial charge in [-0.15, -0.1) is 3.63 Å². The van der Waals surface area contributed by atoms with E-state index in [1.165, 1.54) is 0 Å². The average Bonchev–Trinajstić information content (AvgIpc) is 2.57. The molecule has 2 aromatic carbocycles. The minimum Gasteiger partial charge on any atom is -0.193 e. The lowest BCUT2D eigenvalue weighted by molar-refractivity contribution is 0.458. The van der Waals surface area contributed by atoms with Crippen molar-refractivity contribution in [2.75, 3.05) is 0 Å². The van der Waals surface area contributed by atoms with Crippen molar-refractivity contribution in [3.63, 3.8) is 0 Å². The molecule has 0 radical (unpaired) electrons. The van der Waals surface area contributed by atoms with Gasteiger partial charge in [-0.1, -0.05) is 71.4 Å². The van der Waals surface area contributed by atoms with Gasteiger partial charge in [-0.3, -0.25) is 0 Å². The van der Waals surface area contributed by atoms with Crippen LogP contribution in [0.4, 0.5) is 0 Å². The highest BCUT2D eigenvalue weighted by atomic mass is 32.3. The van der Waals surface area contributed by atoms with Gasteiger partial charge in [-0.05, 0) is 66.3 Å². The van der Waals surface area contributed by atoms with Crippen LogP contribution < -0.4 is 0 Å². The van der Waals surface area contributed by atoms with Crippen LogP contribution in [0.1, 0.15) is 92.7 Å². The fourth-order valence-corrected chi connectivity index (χ4v) is 7.49. The zero-order valence-electron chi connectivity index (χ0n) is 19.9. The first-order valence-corrected chi connectivity index (χ1v) is 13.4. The molecule has 0 spiro atoms. The van der Waals surface area contributed by atoms with Crippen molar-refractivity contribution < 1.29 is 20.5 Å². The van der Waals surface area contributed by atoms with Gasteiger partial charge in [0.25, 0.3) is 0 Å². The second-order valence-electron chi connectivity index (χ2n) is 9.20. The van der Waals surface area contributed by atoms with Gasteiger partial charge in [0.15, 0.2) is 0 Å². The van der Waals surface area contributed by atoms with Crippen LogP contribution in [0.25, 0.3) is 0 Å². The second-order valence-corrected chi connectivity index (χ2v) is 12.4. The summed E-state index contributed by atoms with van der Waals surface area (Å²) in [6.07, 6.45) is 0. The fraction of sp³-hybridized carbons (Fsp3) is 0.500. The van der Waals surface area contributed by atoms with Gasteiger partial charge in [0.05, 0.1) is 0 Å². The molecule has 2 aromatic rings. The van der Waals surface area contributed by atoms with Crippen LogP contribution in [0, 0.1) is 20.8 Å². The van der Waals surface area contributed by atoms with Crippen molar-refractivity contribution in [1.82, 2.24) is 0 Å². The minimum absolute atomic E-state index is 0.0344. The molecule has 7 heteroatoms. The number of aryl methyl sites for hydroxylation is 3. The standard InChI is InChI=1S/C24H34O5S2/c1-14(2)20-12-21(15(3)4)24(22(13-20)16(5)6)31(27,28)29-30(25,26)23-18(8)10-17(7)11-19(23)9/h10-16H,1-9H3. The molecule has 0 aliphatic rings. The zero-order chi connectivity index (χ0) is 23.9. The molecule has 172 valence electrons. The molecule has 0 unspecified atom stereocenters. The molecule has 31 heavy (non-hydrogen) atoms. The molecule has 0 aromatic heterocycles. The van der Waals surface area contributed by atoms with E-state index in [4.69, 9.17) is 3.63 Å². The minimum atomic E-state index is -4.59. The Bertz CT molecular complexity index is 1140. The Morgan fingerprint density at radius 1 is 0.613 bits per heavy atom. The summed E-state index contributed by atoms with van der Waals surface area (Å²) in [6.45, 7) is 16.8. The van der Waals surface area contributed by atoms with Crippen molar-refractivity contribution in [2.45, 2.75) is 89.9 Å². The Balaban J connectivity index is 2.76. The zero-order valence-corrected chi connectivity index (χ0v) is 21.5. The number of rotatable bonds is 7. The van der Waals surface area contributed by atoms with Crippen molar-refractivity contribution in [3.05, 3.63) is 57.6 Å². The molecule has 0 aliphatic heterocycles. The van der Waals surface area contributed by atoms with Crippen LogP contribution in [0.15, 0.2) is 34.1 Å². The molecule has 0 bridgehead atoms. The van der Waals surface area contributed by atoms with Crippen molar-refractivity contribution in [2.24, 2.45) is 0 Å². The maximum Gasteiger partial charge on any atom is 0.312 e. The van der Waals surface area contributed by atoms with Crippen LogP contribution in [0.3, 0.4) is 0 Å². The lowest BCUT2D eigenvalue weighted by atomic mass is 9.89. The summed E-state index contributed by atoms with van der Waals surface area (Å²) in [4.78, 5) is -0.134. The SMILES string of the molecule is Cc1cc(C)c(S(=O)(=O)OS(=O)(=O)c2c(C(C)C)cc(C(C)C)cc2C(C)C)c(C)c1. The van der Waals surface area contributed by atoms with E-state index < -0.39 is 20.2 Å². The Morgan fingerprint density at radius 3 is 1.35 bits per heavy atom. The number of hydrogen-bond donors (Lipinski definition) is 0. The van der Waals surface area contributed by atoms with E-state index in [1.54, 1.807) is 26.0 Å². The van der Waals surface area contributed by atoms with Gasteiger partial charge >= 0.3 is 20.2 Å².